The highest BCUT2D eigenvalue weighted by atomic mass is 19.2. The van der Waals surface area contributed by atoms with Gasteiger partial charge in [0, 0.05) is 25.2 Å². The molecule has 1 aliphatic heterocycles. The van der Waals surface area contributed by atoms with Crippen molar-refractivity contribution in [1.82, 2.24) is 24.8 Å². The van der Waals surface area contributed by atoms with Gasteiger partial charge in [-0.3, -0.25) is 4.90 Å². The molecule has 0 spiro atoms. The summed E-state index contributed by atoms with van der Waals surface area (Å²) < 4.78 is 26.9. The Bertz CT molecular complexity index is 1080. The molecule has 7 heteroatoms. The van der Waals surface area contributed by atoms with Crippen molar-refractivity contribution in [2.24, 2.45) is 0 Å². The monoisotopic (exact) mass is 365 g/mol. The number of aromatic nitrogens is 4. The smallest absolute Gasteiger partial charge is 0.159 e. The minimum absolute atomic E-state index is 0.180. The van der Waals surface area contributed by atoms with Gasteiger partial charge in [0.05, 0.1) is 23.1 Å². The van der Waals surface area contributed by atoms with E-state index in [9.17, 15) is 8.78 Å². The highest BCUT2D eigenvalue weighted by Crippen LogP contribution is 2.34. The van der Waals surface area contributed by atoms with Crippen molar-refractivity contribution in [2.45, 2.75) is 19.0 Å². The lowest BCUT2D eigenvalue weighted by molar-refractivity contribution is 0.194. The summed E-state index contributed by atoms with van der Waals surface area (Å²) in [5.41, 5.74) is 4.57. The minimum atomic E-state index is -0.833. The van der Waals surface area contributed by atoms with Crippen LogP contribution in [0.4, 0.5) is 8.78 Å². The van der Waals surface area contributed by atoms with Crippen molar-refractivity contribution in [1.29, 1.82) is 0 Å². The first-order valence-corrected chi connectivity index (χ1v) is 8.84. The second-order valence-electron chi connectivity index (χ2n) is 6.78. The van der Waals surface area contributed by atoms with Gasteiger partial charge < -0.3 is 9.97 Å². The van der Waals surface area contributed by atoms with Gasteiger partial charge in [0.1, 0.15) is 11.9 Å². The van der Waals surface area contributed by atoms with Gasteiger partial charge in [-0.25, -0.2) is 18.7 Å². The van der Waals surface area contributed by atoms with E-state index >= 15 is 0 Å². The fourth-order valence-electron chi connectivity index (χ4n) is 3.77. The normalized spacial score (nSPS) is 17.3. The van der Waals surface area contributed by atoms with Crippen LogP contribution in [0.2, 0.25) is 0 Å². The van der Waals surface area contributed by atoms with Gasteiger partial charge in [-0.15, -0.1) is 0 Å². The summed E-state index contributed by atoms with van der Waals surface area (Å²) in [4.78, 5) is 18.1. The fourth-order valence-corrected chi connectivity index (χ4v) is 3.77. The van der Waals surface area contributed by atoms with E-state index in [-0.39, 0.29) is 6.04 Å². The molecule has 27 heavy (non-hydrogen) atoms. The second-order valence-corrected chi connectivity index (χ2v) is 6.78. The molecule has 1 aliphatic rings. The molecule has 0 amide bonds. The van der Waals surface area contributed by atoms with Crippen LogP contribution in [0.25, 0.3) is 11.0 Å². The summed E-state index contributed by atoms with van der Waals surface area (Å²) in [5, 5.41) is 0. The highest BCUT2D eigenvalue weighted by molar-refractivity contribution is 5.75. The largest absolute Gasteiger partial charge is 0.348 e. The third kappa shape index (κ3) is 2.80. The zero-order valence-corrected chi connectivity index (χ0v) is 14.4. The van der Waals surface area contributed by atoms with E-state index in [0.717, 1.165) is 41.2 Å². The first-order chi connectivity index (χ1) is 13.2. The van der Waals surface area contributed by atoms with E-state index in [2.05, 4.69) is 19.9 Å². The molecule has 0 bridgehead atoms. The number of hydrogen-bond acceptors (Lipinski definition) is 3. The SMILES string of the molecule is Fc1ccc(CN2CCc3[nH]cnc3C2c2nc3ccccc3[nH]2)cc1F. The Morgan fingerprint density at radius 3 is 2.85 bits per heavy atom. The van der Waals surface area contributed by atoms with Gasteiger partial charge >= 0.3 is 0 Å². The van der Waals surface area contributed by atoms with Crippen LogP contribution in [0.3, 0.4) is 0 Å². The van der Waals surface area contributed by atoms with E-state index in [1.807, 2.05) is 24.3 Å². The summed E-state index contributed by atoms with van der Waals surface area (Å²) in [6, 6.07) is 11.7. The van der Waals surface area contributed by atoms with E-state index in [1.165, 1.54) is 12.1 Å². The van der Waals surface area contributed by atoms with Gasteiger partial charge in [-0.2, -0.15) is 0 Å². The summed E-state index contributed by atoms with van der Waals surface area (Å²) in [5.74, 6) is -0.863. The maximum absolute atomic E-state index is 13.7. The van der Waals surface area contributed by atoms with Gasteiger partial charge in [0.2, 0.25) is 0 Å². The molecular formula is C20H17F2N5. The standard InChI is InChI=1S/C20H17F2N5/c21-13-6-5-12(9-14(13)22)10-27-8-7-17-18(24-11-23-17)19(27)20-25-15-3-1-2-4-16(15)26-20/h1-6,9,11,19H,7-8,10H2,(H,23,24)(H,25,26). The van der Waals surface area contributed by atoms with Crippen molar-refractivity contribution in [2.75, 3.05) is 6.54 Å². The molecule has 2 aromatic carbocycles. The Morgan fingerprint density at radius 1 is 1.11 bits per heavy atom. The molecule has 0 fully saturated rings. The molecule has 0 aliphatic carbocycles. The number of rotatable bonds is 3. The number of H-pyrrole nitrogens is 2. The van der Waals surface area contributed by atoms with E-state index in [1.54, 1.807) is 12.4 Å². The van der Waals surface area contributed by atoms with Crippen molar-refractivity contribution >= 4 is 11.0 Å². The molecule has 1 atom stereocenters. The van der Waals surface area contributed by atoms with Crippen molar-refractivity contribution in [3.63, 3.8) is 0 Å². The number of aromatic amines is 2. The molecular weight excluding hydrogens is 348 g/mol. The van der Waals surface area contributed by atoms with Crippen LogP contribution >= 0.6 is 0 Å². The Morgan fingerprint density at radius 2 is 2.00 bits per heavy atom. The van der Waals surface area contributed by atoms with Crippen molar-refractivity contribution in [3.8, 4) is 0 Å². The molecule has 136 valence electrons. The number of halogens is 2. The molecule has 4 aromatic rings. The van der Waals surface area contributed by atoms with Crippen LogP contribution in [0.15, 0.2) is 48.8 Å². The topological polar surface area (TPSA) is 60.6 Å². The van der Waals surface area contributed by atoms with E-state index in [4.69, 9.17) is 4.98 Å². The third-order valence-electron chi connectivity index (χ3n) is 5.06. The lowest BCUT2D eigenvalue weighted by Gasteiger charge is -2.33. The Kier molecular flexibility index (Phi) is 3.75. The highest BCUT2D eigenvalue weighted by Gasteiger charge is 2.33. The lowest BCUT2D eigenvalue weighted by Crippen LogP contribution is -2.36. The summed E-state index contributed by atoms with van der Waals surface area (Å²) in [6.45, 7) is 1.24. The second kappa shape index (κ2) is 6.28. The number of nitrogens with zero attached hydrogens (tertiary/aromatic N) is 3. The fraction of sp³-hybridized carbons (Fsp3) is 0.200. The maximum atomic E-state index is 13.7. The molecule has 5 nitrogen and oxygen atoms in total. The quantitative estimate of drug-likeness (QED) is 0.582. The van der Waals surface area contributed by atoms with Crippen molar-refractivity contribution < 1.29 is 8.78 Å². The summed E-state index contributed by atoms with van der Waals surface area (Å²) >= 11 is 0. The molecule has 2 aromatic heterocycles. The average molecular weight is 365 g/mol. The van der Waals surface area contributed by atoms with Gasteiger partial charge in [-0.1, -0.05) is 18.2 Å². The molecule has 0 saturated heterocycles. The summed E-state index contributed by atoms with van der Waals surface area (Å²) in [7, 11) is 0. The zero-order chi connectivity index (χ0) is 18.4. The Labute approximate surface area is 154 Å². The Balaban J connectivity index is 1.56. The first kappa shape index (κ1) is 16.1. The maximum Gasteiger partial charge on any atom is 0.159 e. The van der Waals surface area contributed by atoms with Crippen LogP contribution < -0.4 is 0 Å². The van der Waals surface area contributed by atoms with Crippen molar-refractivity contribution in [3.05, 3.63) is 83.2 Å². The van der Waals surface area contributed by atoms with Gasteiger partial charge in [0.25, 0.3) is 0 Å². The van der Waals surface area contributed by atoms with Crippen LogP contribution in [0.5, 0.6) is 0 Å². The molecule has 0 saturated carbocycles. The summed E-state index contributed by atoms with van der Waals surface area (Å²) in [6.07, 6.45) is 2.51. The third-order valence-corrected chi connectivity index (χ3v) is 5.06. The van der Waals surface area contributed by atoms with Gasteiger partial charge in [0.15, 0.2) is 11.6 Å². The van der Waals surface area contributed by atoms with E-state index in [0.29, 0.717) is 12.1 Å². The lowest BCUT2D eigenvalue weighted by atomic mass is 10.0. The van der Waals surface area contributed by atoms with Crippen LogP contribution in [-0.2, 0) is 13.0 Å². The van der Waals surface area contributed by atoms with Crippen LogP contribution in [0, 0.1) is 11.6 Å². The number of imidazole rings is 2. The van der Waals surface area contributed by atoms with Gasteiger partial charge in [-0.05, 0) is 29.8 Å². The zero-order valence-electron chi connectivity index (χ0n) is 14.4. The number of benzene rings is 2. The predicted octanol–water partition coefficient (Wildman–Crippen LogP) is 3.71. The molecule has 2 N–H and O–H groups in total. The number of nitrogens with one attached hydrogen (secondary N) is 2. The molecule has 1 unspecified atom stereocenters. The molecule has 3 heterocycles. The number of fused-ring (bicyclic) bond motifs is 2. The average Bonchev–Trinajstić information content (AvgIpc) is 3.31. The number of hydrogen-bond donors (Lipinski definition) is 2. The first-order valence-electron chi connectivity index (χ1n) is 8.84. The molecule has 0 radical (unpaired) electrons. The predicted molar refractivity (Wildman–Crippen MR) is 97.0 cm³/mol. The number of para-hydroxylation sites is 2. The van der Waals surface area contributed by atoms with Crippen LogP contribution in [-0.4, -0.2) is 31.4 Å². The van der Waals surface area contributed by atoms with Crippen LogP contribution in [0.1, 0.15) is 28.8 Å². The minimum Gasteiger partial charge on any atom is -0.348 e. The Hall–Kier alpha value is -3.06. The molecule has 5 rings (SSSR count). The van der Waals surface area contributed by atoms with E-state index < -0.39 is 11.6 Å².